The highest BCUT2D eigenvalue weighted by Crippen LogP contribution is 2.15. The van der Waals surface area contributed by atoms with Gasteiger partial charge < -0.3 is 20.9 Å². The molecule has 140 valence electrons. The standard InChI is InChI=1S/C18H29N5O.HI/c1-3-4-5-10-21-18(19-2)22-13-15-6-8-16(9-7-15)23-12-11-20-17(24)14-23;/h6-9H,3-5,10-14H2,1-2H3,(H,20,24)(H2,19,21,22);1H. The molecule has 1 aliphatic heterocycles. The number of unbranched alkanes of at least 4 members (excludes halogenated alkanes) is 2. The van der Waals surface area contributed by atoms with E-state index in [-0.39, 0.29) is 29.9 Å². The van der Waals surface area contributed by atoms with Gasteiger partial charge in [-0.3, -0.25) is 9.79 Å². The van der Waals surface area contributed by atoms with E-state index < -0.39 is 0 Å². The van der Waals surface area contributed by atoms with Crippen LogP contribution in [0.15, 0.2) is 29.3 Å². The number of halogens is 1. The van der Waals surface area contributed by atoms with Gasteiger partial charge in [-0.1, -0.05) is 31.9 Å². The van der Waals surface area contributed by atoms with Crippen LogP contribution >= 0.6 is 24.0 Å². The summed E-state index contributed by atoms with van der Waals surface area (Å²) in [6.45, 7) is 5.89. The summed E-state index contributed by atoms with van der Waals surface area (Å²) >= 11 is 0. The van der Waals surface area contributed by atoms with Gasteiger partial charge in [-0.05, 0) is 24.1 Å². The van der Waals surface area contributed by atoms with Crippen LogP contribution in [0.1, 0.15) is 31.7 Å². The minimum absolute atomic E-state index is 0. The molecular weight excluding hydrogens is 429 g/mol. The first-order valence-corrected chi connectivity index (χ1v) is 8.78. The van der Waals surface area contributed by atoms with Gasteiger partial charge in [-0.2, -0.15) is 0 Å². The van der Waals surface area contributed by atoms with Crippen molar-refractivity contribution < 1.29 is 4.79 Å². The second-order valence-corrected chi connectivity index (χ2v) is 6.00. The molecule has 1 aromatic rings. The molecule has 0 aromatic heterocycles. The average Bonchev–Trinajstić information content (AvgIpc) is 2.61. The van der Waals surface area contributed by atoms with Crippen molar-refractivity contribution in [3.63, 3.8) is 0 Å². The summed E-state index contributed by atoms with van der Waals surface area (Å²) in [5.74, 6) is 0.924. The first-order valence-electron chi connectivity index (χ1n) is 8.78. The summed E-state index contributed by atoms with van der Waals surface area (Å²) in [5, 5.41) is 9.50. The number of aliphatic imine (C=N–C) groups is 1. The highest BCUT2D eigenvalue weighted by atomic mass is 127. The fraction of sp³-hybridized carbons (Fsp3) is 0.556. The average molecular weight is 459 g/mol. The third-order valence-corrected chi connectivity index (χ3v) is 4.10. The van der Waals surface area contributed by atoms with E-state index in [1.54, 1.807) is 7.05 Å². The zero-order valence-electron chi connectivity index (χ0n) is 15.2. The van der Waals surface area contributed by atoms with Crippen molar-refractivity contribution in [1.82, 2.24) is 16.0 Å². The summed E-state index contributed by atoms with van der Waals surface area (Å²) in [7, 11) is 1.79. The highest BCUT2D eigenvalue weighted by Gasteiger charge is 2.16. The van der Waals surface area contributed by atoms with E-state index in [9.17, 15) is 4.79 Å². The summed E-state index contributed by atoms with van der Waals surface area (Å²) in [6.07, 6.45) is 3.62. The van der Waals surface area contributed by atoms with Crippen molar-refractivity contribution in [2.75, 3.05) is 38.1 Å². The molecule has 3 N–H and O–H groups in total. The van der Waals surface area contributed by atoms with Crippen LogP contribution in [-0.4, -0.2) is 45.1 Å². The molecule has 0 spiro atoms. The Balaban J connectivity index is 0.00000312. The summed E-state index contributed by atoms with van der Waals surface area (Å²) in [5.41, 5.74) is 2.28. The lowest BCUT2D eigenvalue weighted by atomic mass is 10.2. The third kappa shape index (κ3) is 7.50. The number of hydrogen-bond acceptors (Lipinski definition) is 3. The number of nitrogens with one attached hydrogen (secondary N) is 3. The van der Waals surface area contributed by atoms with Gasteiger partial charge in [0.25, 0.3) is 0 Å². The predicted molar refractivity (Wildman–Crippen MR) is 115 cm³/mol. The number of carbonyl (C=O) groups is 1. The first kappa shape index (κ1) is 21.5. The fourth-order valence-electron chi connectivity index (χ4n) is 2.67. The van der Waals surface area contributed by atoms with E-state index in [4.69, 9.17) is 0 Å². The fourth-order valence-corrected chi connectivity index (χ4v) is 2.67. The Morgan fingerprint density at radius 1 is 1.24 bits per heavy atom. The SMILES string of the molecule is CCCCCNC(=NC)NCc1ccc(N2CCNC(=O)C2)cc1.I. The van der Waals surface area contributed by atoms with Crippen LogP contribution in [0.2, 0.25) is 0 Å². The van der Waals surface area contributed by atoms with E-state index in [1.807, 2.05) is 0 Å². The predicted octanol–water partition coefficient (Wildman–Crippen LogP) is 2.10. The maximum absolute atomic E-state index is 11.5. The molecule has 25 heavy (non-hydrogen) atoms. The second-order valence-electron chi connectivity index (χ2n) is 6.00. The quantitative estimate of drug-likeness (QED) is 0.253. The van der Waals surface area contributed by atoms with Crippen molar-refractivity contribution in [2.24, 2.45) is 4.99 Å². The van der Waals surface area contributed by atoms with Gasteiger partial charge in [0.1, 0.15) is 0 Å². The molecule has 2 rings (SSSR count). The Bertz CT molecular complexity index is 547. The van der Waals surface area contributed by atoms with Crippen molar-refractivity contribution >= 4 is 41.5 Å². The number of piperazine rings is 1. The molecule has 6 nitrogen and oxygen atoms in total. The molecule has 1 aromatic carbocycles. The van der Waals surface area contributed by atoms with Gasteiger partial charge in [0.15, 0.2) is 5.96 Å². The van der Waals surface area contributed by atoms with Gasteiger partial charge in [0.05, 0.1) is 6.54 Å². The molecule has 0 radical (unpaired) electrons. The molecule has 7 heteroatoms. The lowest BCUT2D eigenvalue weighted by Crippen LogP contribution is -2.47. The topological polar surface area (TPSA) is 68.8 Å². The molecular formula is C18H30IN5O. The monoisotopic (exact) mass is 459 g/mol. The van der Waals surface area contributed by atoms with Crippen LogP contribution in [0.3, 0.4) is 0 Å². The van der Waals surface area contributed by atoms with Crippen LogP contribution in [0.5, 0.6) is 0 Å². The number of amides is 1. The largest absolute Gasteiger partial charge is 0.360 e. The van der Waals surface area contributed by atoms with Gasteiger partial charge in [0.2, 0.25) is 5.91 Å². The van der Waals surface area contributed by atoms with Crippen LogP contribution in [-0.2, 0) is 11.3 Å². The zero-order valence-corrected chi connectivity index (χ0v) is 17.5. The van der Waals surface area contributed by atoms with Gasteiger partial charge in [-0.25, -0.2) is 0 Å². The van der Waals surface area contributed by atoms with E-state index in [1.165, 1.54) is 18.4 Å². The summed E-state index contributed by atoms with van der Waals surface area (Å²) in [4.78, 5) is 17.8. The molecule has 1 aliphatic rings. The number of rotatable bonds is 7. The molecule has 1 heterocycles. The first-order chi connectivity index (χ1) is 11.7. The van der Waals surface area contributed by atoms with Crippen molar-refractivity contribution in [1.29, 1.82) is 0 Å². The maximum Gasteiger partial charge on any atom is 0.239 e. The van der Waals surface area contributed by atoms with Crippen LogP contribution < -0.4 is 20.9 Å². The molecule has 0 unspecified atom stereocenters. The van der Waals surface area contributed by atoms with Crippen LogP contribution in [0.4, 0.5) is 5.69 Å². The number of hydrogen-bond donors (Lipinski definition) is 3. The number of benzene rings is 1. The highest BCUT2D eigenvalue weighted by molar-refractivity contribution is 14.0. The summed E-state index contributed by atoms with van der Waals surface area (Å²) in [6, 6.07) is 8.35. The van der Waals surface area contributed by atoms with Gasteiger partial charge in [0, 0.05) is 38.9 Å². The molecule has 1 fully saturated rings. The van der Waals surface area contributed by atoms with Gasteiger partial charge in [-0.15, -0.1) is 24.0 Å². The maximum atomic E-state index is 11.5. The third-order valence-electron chi connectivity index (χ3n) is 4.10. The smallest absolute Gasteiger partial charge is 0.239 e. The van der Waals surface area contributed by atoms with E-state index in [2.05, 4.69) is 57.0 Å². The lowest BCUT2D eigenvalue weighted by molar-refractivity contribution is -0.120. The molecule has 1 amide bonds. The molecule has 0 aliphatic carbocycles. The van der Waals surface area contributed by atoms with Crippen LogP contribution in [0, 0.1) is 0 Å². The normalized spacial score (nSPS) is 14.6. The van der Waals surface area contributed by atoms with E-state index >= 15 is 0 Å². The second kappa shape index (κ2) is 11.9. The number of anilines is 1. The van der Waals surface area contributed by atoms with E-state index in [0.717, 1.165) is 37.7 Å². The number of guanidine groups is 1. The minimum atomic E-state index is 0. The lowest BCUT2D eigenvalue weighted by Gasteiger charge is -2.28. The Kier molecular flexibility index (Phi) is 10.3. The van der Waals surface area contributed by atoms with E-state index in [0.29, 0.717) is 13.1 Å². The Hall–Kier alpha value is -1.51. The summed E-state index contributed by atoms with van der Waals surface area (Å²) < 4.78 is 0. The Morgan fingerprint density at radius 3 is 2.64 bits per heavy atom. The molecule has 0 saturated carbocycles. The van der Waals surface area contributed by atoms with Gasteiger partial charge >= 0.3 is 0 Å². The van der Waals surface area contributed by atoms with Crippen molar-refractivity contribution in [3.05, 3.63) is 29.8 Å². The minimum Gasteiger partial charge on any atom is -0.360 e. The molecule has 0 atom stereocenters. The number of carbonyl (C=O) groups excluding carboxylic acids is 1. The van der Waals surface area contributed by atoms with Crippen molar-refractivity contribution in [2.45, 2.75) is 32.7 Å². The Morgan fingerprint density at radius 2 is 2.00 bits per heavy atom. The van der Waals surface area contributed by atoms with Crippen LogP contribution in [0.25, 0.3) is 0 Å². The molecule has 1 saturated heterocycles. The van der Waals surface area contributed by atoms with Crippen molar-refractivity contribution in [3.8, 4) is 0 Å². The zero-order chi connectivity index (χ0) is 17.2. The molecule has 0 bridgehead atoms. The number of nitrogens with zero attached hydrogens (tertiary/aromatic N) is 2. The Labute approximate surface area is 167 Å².